The van der Waals surface area contributed by atoms with Gasteiger partial charge in [-0.3, -0.25) is 9.90 Å². The van der Waals surface area contributed by atoms with Gasteiger partial charge in [-0.15, -0.1) is 0 Å². The van der Waals surface area contributed by atoms with Crippen molar-refractivity contribution in [3.63, 3.8) is 0 Å². The first-order chi connectivity index (χ1) is 8.15. The lowest BCUT2D eigenvalue weighted by atomic mass is 10.2. The molecule has 0 aromatic carbocycles. The van der Waals surface area contributed by atoms with Gasteiger partial charge in [0.05, 0.1) is 12.6 Å². The van der Waals surface area contributed by atoms with Crippen molar-refractivity contribution in [1.29, 1.82) is 0 Å². The molecule has 96 valence electrons. The number of rotatable bonds is 3. The molecule has 4 heteroatoms. The zero-order valence-electron chi connectivity index (χ0n) is 11.0. The standard InChI is InChI=1S/C13H23N3O/c1-11(2)17-16-7-4-13(5-8-16)15-9-6-14-12(3)10-15/h4-5,7,11-12,14H,6,8-10H2,1-3H3/t12-/m1/s1. The van der Waals surface area contributed by atoms with Crippen molar-refractivity contribution >= 4 is 0 Å². The molecule has 17 heavy (non-hydrogen) atoms. The predicted octanol–water partition coefficient (Wildman–Crippen LogP) is 1.33. The number of piperazine rings is 1. The van der Waals surface area contributed by atoms with Gasteiger partial charge >= 0.3 is 0 Å². The Bertz CT molecular complexity index is 312. The van der Waals surface area contributed by atoms with Crippen LogP contribution in [0.1, 0.15) is 20.8 Å². The van der Waals surface area contributed by atoms with E-state index in [0.29, 0.717) is 6.04 Å². The minimum Gasteiger partial charge on any atom is -0.369 e. The minimum atomic E-state index is 0.230. The molecule has 0 aromatic rings. The lowest BCUT2D eigenvalue weighted by molar-refractivity contribution is -0.146. The lowest BCUT2D eigenvalue weighted by Crippen LogP contribution is -2.48. The highest BCUT2D eigenvalue weighted by atomic mass is 16.7. The third kappa shape index (κ3) is 3.48. The van der Waals surface area contributed by atoms with Crippen LogP contribution in [-0.4, -0.2) is 48.3 Å². The Balaban J connectivity index is 1.88. The summed E-state index contributed by atoms with van der Waals surface area (Å²) in [4.78, 5) is 8.05. The number of hydrogen-bond donors (Lipinski definition) is 1. The fourth-order valence-corrected chi connectivity index (χ4v) is 2.22. The van der Waals surface area contributed by atoms with Crippen molar-refractivity contribution in [3.05, 3.63) is 24.0 Å². The molecule has 0 saturated carbocycles. The Labute approximate surface area is 104 Å². The average Bonchev–Trinajstić information content (AvgIpc) is 2.29. The van der Waals surface area contributed by atoms with E-state index in [1.807, 2.05) is 25.1 Å². The van der Waals surface area contributed by atoms with Gasteiger partial charge in [0.2, 0.25) is 0 Å². The first-order valence-electron chi connectivity index (χ1n) is 6.45. The largest absolute Gasteiger partial charge is 0.369 e. The van der Waals surface area contributed by atoms with E-state index in [2.05, 4.69) is 29.3 Å². The summed E-state index contributed by atoms with van der Waals surface area (Å²) >= 11 is 0. The second kappa shape index (κ2) is 5.56. The number of allylic oxidation sites excluding steroid dienone is 1. The highest BCUT2D eigenvalue weighted by Gasteiger charge is 2.18. The summed E-state index contributed by atoms with van der Waals surface area (Å²) in [6, 6.07) is 0.572. The van der Waals surface area contributed by atoms with Gasteiger partial charge in [-0.1, -0.05) is 0 Å². The molecule has 4 nitrogen and oxygen atoms in total. The molecule has 0 aliphatic carbocycles. The first-order valence-corrected chi connectivity index (χ1v) is 6.45. The minimum absolute atomic E-state index is 0.230. The Morgan fingerprint density at radius 3 is 2.88 bits per heavy atom. The molecule has 0 amide bonds. The van der Waals surface area contributed by atoms with Gasteiger partial charge < -0.3 is 10.2 Å². The zero-order valence-corrected chi connectivity index (χ0v) is 11.0. The van der Waals surface area contributed by atoms with Gasteiger partial charge in [0.1, 0.15) is 0 Å². The molecule has 0 bridgehead atoms. The van der Waals surface area contributed by atoms with E-state index in [-0.39, 0.29) is 6.10 Å². The average molecular weight is 237 g/mol. The van der Waals surface area contributed by atoms with E-state index in [9.17, 15) is 0 Å². The maximum Gasteiger partial charge on any atom is 0.0800 e. The van der Waals surface area contributed by atoms with E-state index in [1.54, 1.807) is 0 Å². The molecule has 0 spiro atoms. The second-order valence-electron chi connectivity index (χ2n) is 5.00. The van der Waals surface area contributed by atoms with Gasteiger partial charge in [-0.05, 0) is 32.9 Å². The van der Waals surface area contributed by atoms with Gasteiger partial charge in [-0.25, -0.2) is 0 Å². The molecule has 0 radical (unpaired) electrons. The molecule has 2 heterocycles. The third-order valence-electron chi connectivity index (χ3n) is 2.97. The Morgan fingerprint density at radius 1 is 1.47 bits per heavy atom. The second-order valence-corrected chi connectivity index (χ2v) is 5.00. The van der Waals surface area contributed by atoms with Gasteiger partial charge in [0.15, 0.2) is 0 Å². The molecule has 0 unspecified atom stereocenters. The fourth-order valence-electron chi connectivity index (χ4n) is 2.22. The van der Waals surface area contributed by atoms with Crippen molar-refractivity contribution in [2.45, 2.75) is 32.9 Å². The number of nitrogens with zero attached hydrogens (tertiary/aromatic N) is 2. The van der Waals surface area contributed by atoms with E-state index < -0.39 is 0 Å². The van der Waals surface area contributed by atoms with Gasteiger partial charge in [-0.2, -0.15) is 0 Å². The van der Waals surface area contributed by atoms with E-state index in [1.165, 1.54) is 5.70 Å². The summed E-state index contributed by atoms with van der Waals surface area (Å²) < 4.78 is 0. The quantitative estimate of drug-likeness (QED) is 0.801. The Kier molecular flexibility index (Phi) is 4.07. The zero-order chi connectivity index (χ0) is 12.3. The third-order valence-corrected chi connectivity index (χ3v) is 2.97. The van der Waals surface area contributed by atoms with E-state index >= 15 is 0 Å². The van der Waals surface area contributed by atoms with Crippen molar-refractivity contribution in [1.82, 2.24) is 15.3 Å². The van der Waals surface area contributed by atoms with Crippen LogP contribution in [0, 0.1) is 0 Å². The van der Waals surface area contributed by atoms with Crippen LogP contribution >= 0.6 is 0 Å². The molecule has 1 saturated heterocycles. The van der Waals surface area contributed by atoms with Crippen LogP contribution in [0.2, 0.25) is 0 Å². The van der Waals surface area contributed by atoms with Crippen LogP contribution in [0.4, 0.5) is 0 Å². The van der Waals surface area contributed by atoms with Crippen LogP contribution in [0.5, 0.6) is 0 Å². The van der Waals surface area contributed by atoms with Gasteiger partial charge in [0, 0.05) is 37.6 Å². The SMILES string of the molecule is CC(C)ON1C=CC(N2CCN[C@H](C)C2)=CC1. The Hall–Kier alpha value is -1.00. The maximum atomic E-state index is 5.62. The topological polar surface area (TPSA) is 27.7 Å². The lowest BCUT2D eigenvalue weighted by Gasteiger charge is -2.36. The van der Waals surface area contributed by atoms with Crippen LogP contribution in [0.15, 0.2) is 24.0 Å². The molecular formula is C13H23N3O. The molecule has 2 aliphatic rings. The number of nitrogens with one attached hydrogen (secondary N) is 1. The Morgan fingerprint density at radius 2 is 2.29 bits per heavy atom. The van der Waals surface area contributed by atoms with Gasteiger partial charge in [0.25, 0.3) is 0 Å². The summed E-state index contributed by atoms with van der Waals surface area (Å²) in [5.41, 5.74) is 1.32. The van der Waals surface area contributed by atoms with Crippen molar-refractivity contribution in [2.24, 2.45) is 0 Å². The summed E-state index contributed by atoms with van der Waals surface area (Å²) in [7, 11) is 0. The van der Waals surface area contributed by atoms with Crippen LogP contribution in [0.3, 0.4) is 0 Å². The maximum absolute atomic E-state index is 5.62. The highest BCUT2D eigenvalue weighted by Crippen LogP contribution is 2.15. The first kappa shape index (κ1) is 12.5. The van der Waals surface area contributed by atoms with E-state index in [0.717, 1.165) is 26.2 Å². The molecule has 1 N–H and O–H groups in total. The summed E-state index contributed by atoms with van der Waals surface area (Å²) in [5, 5.41) is 5.35. The monoisotopic (exact) mass is 237 g/mol. The van der Waals surface area contributed by atoms with Crippen LogP contribution in [0.25, 0.3) is 0 Å². The van der Waals surface area contributed by atoms with Crippen molar-refractivity contribution < 1.29 is 4.84 Å². The van der Waals surface area contributed by atoms with Crippen molar-refractivity contribution in [2.75, 3.05) is 26.2 Å². The van der Waals surface area contributed by atoms with Crippen molar-refractivity contribution in [3.8, 4) is 0 Å². The predicted molar refractivity (Wildman–Crippen MR) is 69.2 cm³/mol. The fraction of sp³-hybridized carbons (Fsp3) is 0.692. The normalized spacial score (nSPS) is 25.4. The highest BCUT2D eigenvalue weighted by molar-refractivity contribution is 5.21. The molecule has 2 aliphatic heterocycles. The number of hydroxylamine groups is 2. The number of hydrogen-bond acceptors (Lipinski definition) is 4. The molecule has 1 atom stereocenters. The van der Waals surface area contributed by atoms with Crippen LogP contribution < -0.4 is 5.32 Å². The summed E-state index contributed by atoms with van der Waals surface area (Å²) in [5.74, 6) is 0. The van der Waals surface area contributed by atoms with Crippen LogP contribution in [-0.2, 0) is 4.84 Å². The molecule has 0 aromatic heterocycles. The van der Waals surface area contributed by atoms with E-state index in [4.69, 9.17) is 4.84 Å². The smallest absolute Gasteiger partial charge is 0.0800 e. The summed E-state index contributed by atoms with van der Waals surface area (Å²) in [6.07, 6.45) is 6.64. The molecule has 1 fully saturated rings. The molecule has 2 rings (SSSR count). The summed E-state index contributed by atoms with van der Waals surface area (Å²) in [6.45, 7) is 10.4. The molecular weight excluding hydrogens is 214 g/mol.